The Morgan fingerprint density at radius 1 is 0.714 bits per heavy atom. The van der Waals surface area contributed by atoms with Gasteiger partial charge in [0.1, 0.15) is 0 Å². The van der Waals surface area contributed by atoms with E-state index in [0.717, 1.165) is 0 Å². The zero-order chi connectivity index (χ0) is 10.7. The third kappa shape index (κ3) is 5.10. The maximum Gasteiger partial charge on any atom is 0.424 e. The molecule has 14 heavy (non-hydrogen) atoms. The molecule has 0 amide bonds. The van der Waals surface area contributed by atoms with Gasteiger partial charge in [-0.25, -0.2) is 9.13 Å². The van der Waals surface area contributed by atoms with E-state index in [1.165, 1.54) is 0 Å². The second-order valence-corrected chi connectivity index (χ2v) is 7.43. The Morgan fingerprint density at radius 2 is 0.929 bits per heavy atom. The highest BCUT2D eigenvalue weighted by atomic mass is 35.7. The first-order chi connectivity index (χ1) is 6.41. The molecule has 0 radical (unpaired) electrons. The second-order valence-electron chi connectivity index (χ2n) is 2.19. The summed E-state index contributed by atoms with van der Waals surface area (Å²) >= 11 is 10.7. The number of hydrogen-bond acceptors (Lipinski definition) is 6. The molecule has 0 spiro atoms. The fourth-order valence-corrected chi connectivity index (χ4v) is 2.81. The Labute approximate surface area is 90.4 Å². The van der Waals surface area contributed by atoms with Gasteiger partial charge in [-0.1, -0.05) is 0 Å². The van der Waals surface area contributed by atoms with E-state index in [9.17, 15) is 9.13 Å². The molecular weight excluding hydrogens is 277 g/mol. The predicted molar refractivity (Wildman–Crippen MR) is 50.7 cm³/mol. The van der Waals surface area contributed by atoms with Crippen LogP contribution in [0.2, 0.25) is 0 Å². The van der Waals surface area contributed by atoms with Gasteiger partial charge in [-0.15, -0.1) is 0 Å². The standard InChI is InChI=1S/C4H8Cl2O6P2/c5-13(7)9-1-2-10-14(6,8)12-4-3-11-13/h1-4H2. The lowest BCUT2D eigenvalue weighted by molar-refractivity contribution is 0.123. The minimum Gasteiger partial charge on any atom is -0.294 e. The summed E-state index contributed by atoms with van der Waals surface area (Å²) in [5.41, 5.74) is 0. The van der Waals surface area contributed by atoms with Gasteiger partial charge in [0, 0.05) is 22.5 Å². The van der Waals surface area contributed by atoms with Gasteiger partial charge in [-0.3, -0.25) is 18.1 Å². The minimum atomic E-state index is -3.57. The highest BCUT2D eigenvalue weighted by molar-refractivity contribution is 7.81. The van der Waals surface area contributed by atoms with Gasteiger partial charge in [0.25, 0.3) is 0 Å². The molecule has 1 saturated heterocycles. The molecule has 0 unspecified atom stereocenters. The SMILES string of the molecule is O=P1(Cl)OCCOP(=O)(Cl)OCCO1. The summed E-state index contributed by atoms with van der Waals surface area (Å²) in [4.78, 5) is 0. The number of hydrogen-bond donors (Lipinski definition) is 0. The van der Waals surface area contributed by atoms with Crippen LogP contribution in [0, 0.1) is 0 Å². The lowest BCUT2D eigenvalue weighted by Crippen LogP contribution is -2.08. The largest absolute Gasteiger partial charge is 0.424 e. The van der Waals surface area contributed by atoms with E-state index in [1.54, 1.807) is 0 Å². The molecule has 1 aliphatic rings. The van der Waals surface area contributed by atoms with Crippen molar-refractivity contribution in [1.29, 1.82) is 0 Å². The summed E-state index contributed by atoms with van der Waals surface area (Å²) in [5, 5.41) is 0. The van der Waals surface area contributed by atoms with Crippen LogP contribution in [0.25, 0.3) is 0 Å². The van der Waals surface area contributed by atoms with Gasteiger partial charge in [0.05, 0.1) is 26.4 Å². The van der Waals surface area contributed by atoms with Crippen LogP contribution in [0.5, 0.6) is 0 Å². The van der Waals surface area contributed by atoms with E-state index in [-0.39, 0.29) is 26.4 Å². The van der Waals surface area contributed by atoms with Crippen molar-refractivity contribution in [2.24, 2.45) is 0 Å². The van der Waals surface area contributed by atoms with Crippen molar-refractivity contribution in [3.63, 3.8) is 0 Å². The summed E-state index contributed by atoms with van der Waals surface area (Å²) in [6.45, 7) is -7.69. The molecule has 0 atom stereocenters. The molecule has 0 bridgehead atoms. The second kappa shape index (κ2) is 5.28. The third-order valence-corrected chi connectivity index (χ3v) is 4.28. The molecule has 84 valence electrons. The van der Waals surface area contributed by atoms with E-state index in [1.807, 2.05) is 0 Å². The molecule has 1 heterocycles. The van der Waals surface area contributed by atoms with Crippen LogP contribution in [0.4, 0.5) is 0 Å². The molecule has 1 rings (SSSR count). The minimum absolute atomic E-state index is 0.138. The van der Waals surface area contributed by atoms with Crippen LogP contribution >= 0.6 is 36.4 Å². The zero-order valence-corrected chi connectivity index (χ0v) is 10.2. The fourth-order valence-electron chi connectivity index (χ4n) is 0.660. The van der Waals surface area contributed by atoms with Crippen molar-refractivity contribution in [2.75, 3.05) is 26.4 Å². The van der Waals surface area contributed by atoms with Crippen molar-refractivity contribution in [1.82, 2.24) is 0 Å². The van der Waals surface area contributed by atoms with Crippen molar-refractivity contribution in [3.8, 4) is 0 Å². The number of rotatable bonds is 0. The van der Waals surface area contributed by atoms with Crippen LogP contribution in [-0.2, 0) is 27.2 Å². The Bertz CT molecular complexity index is 235. The summed E-state index contributed by atoms with van der Waals surface area (Å²) in [6.07, 6.45) is 0. The summed E-state index contributed by atoms with van der Waals surface area (Å²) in [5.74, 6) is 0. The quantitative estimate of drug-likeness (QED) is 0.637. The molecule has 0 N–H and O–H groups in total. The summed E-state index contributed by atoms with van der Waals surface area (Å²) < 4.78 is 40.8. The molecule has 0 aliphatic carbocycles. The third-order valence-electron chi connectivity index (χ3n) is 1.15. The van der Waals surface area contributed by atoms with Gasteiger partial charge in [-0.2, -0.15) is 0 Å². The first-order valence-electron chi connectivity index (χ1n) is 3.59. The average Bonchev–Trinajstić information content (AvgIpc) is 2.07. The monoisotopic (exact) mass is 284 g/mol. The molecule has 0 aromatic rings. The van der Waals surface area contributed by atoms with Crippen LogP contribution < -0.4 is 0 Å². The molecule has 1 fully saturated rings. The van der Waals surface area contributed by atoms with Crippen molar-refractivity contribution in [2.45, 2.75) is 0 Å². The van der Waals surface area contributed by atoms with Crippen molar-refractivity contribution >= 4 is 36.4 Å². The van der Waals surface area contributed by atoms with E-state index in [2.05, 4.69) is 18.1 Å². The Hall–Kier alpha value is 0.880. The smallest absolute Gasteiger partial charge is 0.294 e. The van der Waals surface area contributed by atoms with Crippen LogP contribution in [0.3, 0.4) is 0 Å². The first kappa shape index (κ1) is 12.9. The van der Waals surface area contributed by atoms with E-state index in [4.69, 9.17) is 22.5 Å². The maximum absolute atomic E-state index is 11.1. The topological polar surface area (TPSA) is 71.1 Å². The predicted octanol–water partition coefficient (Wildman–Crippen LogP) is 2.76. The lowest BCUT2D eigenvalue weighted by atomic mass is 10.8. The first-order valence-corrected chi connectivity index (χ1v) is 8.48. The van der Waals surface area contributed by atoms with Crippen LogP contribution in [0.15, 0.2) is 0 Å². The molecule has 0 saturated carbocycles. The zero-order valence-electron chi connectivity index (χ0n) is 6.93. The molecule has 0 aromatic heterocycles. The highest BCUT2D eigenvalue weighted by Crippen LogP contribution is 2.56. The average molecular weight is 285 g/mol. The molecule has 10 heteroatoms. The fraction of sp³-hybridized carbons (Fsp3) is 1.00. The maximum atomic E-state index is 11.1. The summed E-state index contributed by atoms with van der Waals surface area (Å²) in [6, 6.07) is 0. The normalized spacial score (nSPS) is 41.9. The Morgan fingerprint density at radius 3 is 1.14 bits per heavy atom. The van der Waals surface area contributed by atoms with Gasteiger partial charge < -0.3 is 0 Å². The van der Waals surface area contributed by atoms with Crippen LogP contribution in [-0.4, -0.2) is 26.4 Å². The van der Waals surface area contributed by atoms with E-state index >= 15 is 0 Å². The van der Waals surface area contributed by atoms with Gasteiger partial charge in [-0.05, 0) is 0 Å². The lowest BCUT2D eigenvalue weighted by Gasteiger charge is -2.16. The van der Waals surface area contributed by atoms with Crippen molar-refractivity contribution in [3.05, 3.63) is 0 Å². The molecule has 0 aromatic carbocycles. The summed E-state index contributed by atoms with van der Waals surface area (Å²) in [7, 11) is 0. The van der Waals surface area contributed by atoms with Crippen LogP contribution in [0.1, 0.15) is 0 Å². The number of halogens is 2. The van der Waals surface area contributed by atoms with Crippen molar-refractivity contribution < 1.29 is 27.2 Å². The molecule has 6 nitrogen and oxygen atoms in total. The van der Waals surface area contributed by atoms with Gasteiger partial charge in [0.15, 0.2) is 0 Å². The van der Waals surface area contributed by atoms with E-state index < -0.39 is 13.9 Å². The Kier molecular flexibility index (Phi) is 4.88. The highest BCUT2D eigenvalue weighted by Gasteiger charge is 2.26. The van der Waals surface area contributed by atoms with E-state index in [0.29, 0.717) is 0 Å². The Balaban J connectivity index is 2.51. The molecule has 1 aliphatic heterocycles. The van der Waals surface area contributed by atoms with Gasteiger partial charge >= 0.3 is 13.9 Å². The molecular formula is C4H8Cl2O6P2. The van der Waals surface area contributed by atoms with Gasteiger partial charge in [0.2, 0.25) is 0 Å².